The van der Waals surface area contributed by atoms with E-state index in [9.17, 15) is 19.2 Å². The molecule has 0 spiro atoms. The molecule has 1 aliphatic heterocycles. The van der Waals surface area contributed by atoms with Gasteiger partial charge in [-0.1, -0.05) is 36.4 Å². The summed E-state index contributed by atoms with van der Waals surface area (Å²) in [6.45, 7) is 1.17. The summed E-state index contributed by atoms with van der Waals surface area (Å²) in [6.07, 6.45) is 2.95. The number of ketones is 1. The van der Waals surface area contributed by atoms with Crippen LogP contribution in [0.3, 0.4) is 0 Å². The first kappa shape index (κ1) is 22.1. The zero-order valence-electron chi connectivity index (χ0n) is 17.1. The molecule has 1 aromatic heterocycles. The van der Waals surface area contributed by atoms with Gasteiger partial charge in [0.05, 0.1) is 6.04 Å². The van der Waals surface area contributed by atoms with E-state index in [0.717, 1.165) is 11.1 Å². The summed E-state index contributed by atoms with van der Waals surface area (Å²) in [5.74, 6) is 2.13. The molecule has 2 amide bonds. The van der Waals surface area contributed by atoms with Crippen molar-refractivity contribution in [3.63, 3.8) is 0 Å². The highest BCUT2D eigenvalue weighted by Gasteiger charge is 2.54. The molecule has 0 saturated carbocycles. The van der Waals surface area contributed by atoms with Gasteiger partial charge in [0.25, 0.3) is 5.91 Å². The van der Waals surface area contributed by atoms with Crippen LogP contribution in [-0.4, -0.2) is 45.8 Å². The van der Waals surface area contributed by atoms with Gasteiger partial charge in [-0.15, -0.1) is 0 Å². The average Bonchev–Trinajstić information content (AvgIpc) is 2.77. The maximum atomic E-state index is 13.2. The fourth-order valence-corrected chi connectivity index (χ4v) is 3.40. The minimum Gasteiger partial charge on any atom is -0.439 e. The number of Topliss-reactive ketones (excluding diaryl/α,β-unsaturated/α-hetero) is 1. The quantitative estimate of drug-likeness (QED) is 0.197. The van der Waals surface area contributed by atoms with Gasteiger partial charge >= 0.3 is 5.97 Å². The summed E-state index contributed by atoms with van der Waals surface area (Å²) < 4.78 is 5.01. The number of carbonyl (C=O) groups excluding carboxylic acids is 4. The Kier molecular flexibility index (Phi) is 7.09. The lowest BCUT2D eigenvalue weighted by molar-refractivity contribution is -0.199. The van der Waals surface area contributed by atoms with Crippen molar-refractivity contribution in [1.82, 2.24) is 15.3 Å². The number of β-lactam (4-membered cyclic amide) rings is 1. The van der Waals surface area contributed by atoms with Gasteiger partial charge in [-0.05, 0) is 30.0 Å². The first-order chi connectivity index (χ1) is 14.9. The van der Waals surface area contributed by atoms with E-state index in [1.54, 1.807) is 18.5 Å². The van der Waals surface area contributed by atoms with E-state index >= 15 is 0 Å². The molecule has 1 saturated heterocycles. The van der Waals surface area contributed by atoms with Gasteiger partial charge in [0.2, 0.25) is 12.1 Å². The number of esters is 1. The highest BCUT2D eigenvalue weighted by atomic mass is 16.6. The van der Waals surface area contributed by atoms with E-state index in [2.05, 4.69) is 10.3 Å². The van der Waals surface area contributed by atoms with E-state index in [0.29, 0.717) is 11.4 Å². The number of pyridine rings is 1. The van der Waals surface area contributed by atoms with Gasteiger partial charge in [-0.2, -0.15) is 0 Å². The van der Waals surface area contributed by atoms with Crippen LogP contribution in [0.5, 0.6) is 0 Å². The fraction of sp³-hybridized carbons (Fsp3) is 0.318. The number of hydrazine groups is 1. The van der Waals surface area contributed by atoms with Crippen molar-refractivity contribution in [1.29, 1.82) is 0 Å². The van der Waals surface area contributed by atoms with Crippen LogP contribution in [0, 0.1) is 5.92 Å². The van der Waals surface area contributed by atoms with Gasteiger partial charge in [0, 0.05) is 25.7 Å². The zero-order chi connectivity index (χ0) is 22.4. The van der Waals surface area contributed by atoms with E-state index in [1.165, 1.54) is 6.92 Å². The molecule has 1 aromatic carbocycles. The minimum atomic E-state index is -1.25. The summed E-state index contributed by atoms with van der Waals surface area (Å²) in [7, 11) is 0. The predicted molar refractivity (Wildman–Crippen MR) is 110 cm³/mol. The van der Waals surface area contributed by atoms with Gasteiger partial charge in [0.1, 0.15) is 0 Å². The summed E-state index contributed by atoms with van der Waals surface area (Å²) in [6, 6.07) is 11.8. The van der Waals surface area contributed by atoms with Crippen molar-refractivity contribution in [3.05, 3.63) is 66.0 Å². The van der Waals surface area contributed by atoms with Gasteiger partial charge in [-0.25, -0.2) is 10.9 Å². The molecule has 0 radical (unpaired) electrons. The largest absolute Gasteiger partial charge is 0.439 e. The number of rotatable bonds is 9. The lowest BCUT2D eigenvalue weighted by Crippen LogP contribution is -2.70. The van der Waals surface area contributed by atoms with Crippen LogP contribution < -0.4 is 11.2 Å². The van der Waals surface area contributed by atoms with E-state index in [4.69, 9.17) is 10.6 Å². The smallest absolute Gasteiger partial charge is 0.304 e. The molecule has 0 unspecified atom stereocenters. The number of ether oxygens (including phenoxy) is 1. The van der Waals surface area contributed by atoms with Crippen LogP contribution >= 0.6 is 0 Å². The van der Waals surface area contributed by atoms with E-state index in [-0.39, 0.29) is 18.7 Å². The number of amides is 2. The second-order valence-electron chi connectivity index (χ2n) is 7.30. The molecule has 2 heterocycles. The monoisotopic (exact) mass is 424 g/mol. The van der Waals surface area contributed by atoms with Crippen LogP contribution in [-0.2, 0) is 36.8 Å². The van der Waals surface area contributed by atoms with Gasteiger partial charge in [0.15, 0.2) is 11.7 Å². The second-order valence-corrected chi connectivity index (χ2v) is 7.30. The molecule has 9 nitrogen and oxygen atoms in total. The molecule has 3 atom stereocenters. The SMILES string of the molecule is CC(=O)O[C@H]1[C@@H](C(=O)[C@H](Cc2ccccc2)NC(=O)CCc2cccnc2)C(=O)N1N. The number of hydrogen-bond donors (Lipinski definition) is 2. The van der Waals surface area contributed by atoms with Crippen molar-refractivity contribution in [2.75, 3.05) is 0 Å². The minimum absolute atomic E-state index is 0.152. The normalized spacial score (nSPS) is 18.6. The molecular formula is C22H24N4O5. The molecule has 31 heavy (non-hydrogen) atoms. The second kappa shape index (κ2) is 9.94. The van der Waals surface area contributed by atoms with Crippen LogP contribution in [0.25, 0.3) is 0 Å². The summed E-state index contributed by atoms with van der Waals surface area (Å²) in [5.41, 5.74) is 1.71. The van der Waals surface area contributed by atoms with Crippen molar-refractivity contribution in [3.8, 4) is 0 Å². The number of hydrogen-bond acceptors (Lipinski definition) is 7. The maximum absolute atomic E-state index is 13.2. The van der Waals surface area contributed by atoms with Crippen molar-refractivity contribution in [2.24, 2.45) is 11.8 Å². The third kappa shape index (κ3) is 5.52. The molecule has 162 valence electrons. The zero-order valence-corrected chi connectivity index (χ0v) is 17.1. The van der Waals surface area contributed by atoms with Gasteiger partial charge in [-0.3, -0.25) is 24.2 Å². The van der Waals surface area contributed by atoms with Crippen LogP contribution in [0.15, 0.2) is 54.9 Å². The average molecular weight is 424 g/mol. The summed E-state index contributed by atoms with van der Waals surface area (Å²) in [4.78, 5) is 53.3. The molecule has 0 aliphatic carbocycles. The molecule has 3 rings (SSSR count). The maximum Gasteiger partial charge on any atom is 0.304 e. The lowest BCUT2D eigenvalue weighted by atomic mass is 9.86. The Morgan fingerprint density at radius 3 is 2.52 bits per heavy atom. The molecule has 3 N–H and O–H groups in total. The van der Waals surface area contributed by atoms with Crippen molar-refractivity contribution < 1.29 is 23.9 Å². The number of benzene rings is 1. The number of nitrogens with two attached hydrogens (primary N) is 1. The number of aromatic nitrogens is 1. The molecule has 9 heteroatoms. The van der Waals surface area contributed by atoms with E-state index in [1.807, 2.05) is 36.4 Å². The van der Waals surface area contributed by atoms with Crippen molar-refractivity contribution in [2.45, 2.75) is 38.5 Å². The summed E-state index contributed by atoms with van der Waals surface area (Å²) in [5, 5.41) is 3.45. The third-order valence-electron chi connectivity index (χ3n) is 5.00. The standard InChI is InChI=1S/C22H24N4O5/c1-14(27)31-22-19(21(30)26(22)23)20(29)17(12-15-6-3-2-4-7-15)25-18(28)10-9-16-8-5-11-24-13-16/h2-8,11,13,17,19,22H,9-10,12,23H2,1H3,(H,25,28)/t17-,19-,22-/m0/s1. The van der Waals surface area contributed by atoms with Gasteiger partial charge < -0.3 is 10.1 Å². The molecule has 1 fully saturated rings. The molecule has 0 bridgehead atoms. The first-order valence-corrected chi connectivity index (χ1v) is 9.87. The Morgan fingerprint density at radius 1 is 1.16 bits per heavy atom. The van der Waals surface area contributed by atoms with Crippen LogP contribution in [0.1, 0.15) is 24.5 Å². The Labute approximate surface area is 179 Å². The number of nitrogens with zero attached hydrogens (tertiary/aromatic N) is 2. The van der Waals surface area contributed by atoms with Crippen LogP contribution in [0.2, 0.25) is 0 Å². The molecular weight excluding hydrogens is 400 g/mol. The Hall–Kier alpha value is -3.59. The van der Waals surface area contributed by atoms with E-state index < -0.39 is 35.8 Å². The summed E-state index contributed by atoms with van der Waals surface area (Å²) >= 11 is 0. The number of aryl methyl sites for hydroxylation is 1. The fourth-order valence-electron chi connectivity index (χ4n) is 3.40. The van der Waals surface area contributed by atoms with Crippen LogP contribution in [0.4, 0.5) is 0 Å². The first-order valence-electron chi connectivity index (χ1n) is 9.87. The Morgan fingerprint density at radius 2 is 1.87 bits per heavy atom. The Bertz CT molecular complexity index is 951. The number of nitrogens with one attached hydrogen (secondary N) is 1. The third-order valence-corrected chi connectivity index (χ3v) is 5.00. The highest BCUT2D eigenvalue weighted by molar-refractivity contribution is 6.09. The lowest BCUT2D eigenvalue weighted by Gasteiger charge is -2.42. The molecule has 1 aliphatic rings. The topological polar surface area (TPSA) is 132 Å². The highest BCUT2D eigenvalue weighted by Crippen LogP contribution is 2.27. The number of carbonyl (C=O) groups is 4. The predicted octanol–water partition coefficient (Wildman–Crippen LogP) is 0.532. The van der Waals surface area contributed by atoms with Crippen molar-refractivity contribution >= 4 is 23.6 Å². The molecule has 2 aromatic rings. The Balaban J connectivity index is 1.72.